The molecule has 9 heteroatoms. The average Bonchev–Trinajstić information content (AvgIpc) is 3.07. The first kappa shape index (κ1) is 25.0. The van der Waals surface area contributed by atoms with Gasteiger partial charge in [0.15, 0.2) is 0 Å². The lowest BCUT2D eigenvalue weighted by atomic mass is 10.1. The molecule has 2 aromatic carbocycles. The van der Waals surface area contributed by atoms with Gasteiger partial charge in [0.05, 0.1) is 17.6 Å². The zero-order valence-electron chi connectivity index (χ0n) is 18.0. The number of unbranched alkanes of at least 4 members (excludes halogenated alkanes) is 2. The maximum Gasteiger partial charge on any atom is 0.337 e. The molecule has 0 atom stereocenters. The van der Waals surface area contributed by atoms with Crippen LogP contribution in [-0.2, 0) is 14.3 Å². The fourth-order valence-corrected chi connectivity index (χ4v) is 4.60. The van der Waals surface area contributed by atoms with Gasteiger partial charge in [-0.15, -0.1) is 0 Å². The molecular formula is C24H23ClN2O4S2. The second-order valence-electron chi connectivity index (χ2n) is 7.31. The summed E-state index contributed by atoms with van der Waals surface area (Å²) in [5.74, 6) is -0.582. The number of rotatable bonds is 9. The summed E-state index contributed by atoms with van der Waals surface area (Å²) in [5, 5.41) is 3.46. The summed E-state index contributed by atoms with van der Waals surface area (Å²) >= 11 is 12.5. The van der Waals surface area contributed by atoms with E-state index in [0.29, 0.717) is 38.5 Å². The molecule has 0 spiro atoms. The van der Waals surface area contributed by atoms with Gasteiger partial charge in [-0.25, -0.2) is 4.79 Å². The number of thiocarbonyl (C=S) groups is 1. The van der Waals surface area contributed by atoms with E-state index in [0.717, 1.165) is 24.8 Å². The Morgan fingerprint density at radius 3 is 2.45 bits per heavy atom. The predicted octanol–water partition coefficient (Wildman–Crippen LogP) is 5.53. The van der Waals surface area contributed by atoms with Gasteiger partial charge in [-0.2, -0.15) is 0 Å². The number of nitrogens with one attached hydrogen (secondary N) is 1. The Bertz CT molecular complexity index is 1070. The van der Waals surface area contributed by atoms with Crippen LogP contribution in [0.2, 0.25) is 5.02 Å². The molecule has 6 nitrogen and oxygen atoms in total. The molecule has 1 saturated heterocycles. The van der Waals surface area contributed by atoms with Gasteiger partial charge in [0.1, 0.15) is 4.32 Å². The lowest BCUT2D eigenvalue weighted by Gasteiger charge is -2.14. The Balaban J connectivity index is 1.43. The molecule has 1 aliphatic rings. The molecule has 1 aliphatic heterocycles. The van der Waals surface area contributed by atoms with Crippen molar-refractivity contribution in [2.24, 2.45) is 0 Å². The molecule has 0 unspecified atom stereocenters. The monoisotopic (exact) mass is 502 g/mol. The van der Waals surface area contributed by atoms with Gasteiger partial charge in [-0.1, -0.05) is 54.1 Å². The van der Waals surface area contributed by atoms with E-state index < -0.39 is 5.97 Å². The zero-order valence-corrected chi connectivity index (χ0v) is 20.4. The van der Waals surface area contributed by atoms with Crippen LogP contribution < -0.4 is 5.32 Å². The first-order valence-electron chi connectivity index (χ1n) is 10.4. The third kappa shape index (κ3) is 7.15. The van der Waals surface area contributed by atoms with Crippen LogP contribution >= 0.6 is 35.6 Å². The molecule has 33 heavy (non-hydrogen) atoms. The highest BCUT2D eigenvalue weighted by atomic mass is 35.5. The van der Waals surface area contributed by atoms with Crippen LogP contribution in [0.5, 0.6) is 0 Å². The van der Waals surface area contributed by atoms with Crippen molar-refractivity contribution in [2.45, 2.75) is 25.7 Å². The van der Waals surface area contributed by atoms with Crippen molar-refractivity contribution < 1.29 is 19.1 Å². The molecule has 0 aromatic heterocycles. The molecule has 2 aromatic rings. The maximum atomic E-state index is 12.7. The van der Waals surface area contributed by atoms with E-state index in [-0.39, 0.29) is 11.8 Å². The van der Waals surface area contributed by atoms with Crippen molar-refractivity contribution in [1.82, 2.24) is 4.90 Å². The van der Waals surface area contributed by atoms with E-state index in [9.17, 15) is 14.4 Å². The van der Waals surface area contributed by atoms with E-state index in [2.05, 4.69) is 5.32 Å². The Hall–Kier alpha value is -2.68. The minimum absolute atomic E-state index is 0.0518. The lowest BCUT2D eigenvalue weighted by Crippen LogP contribution is -2.29. The Morgan fingerprint density at radius 1 is 1.09 bits per heavy atom. The molecule has 0 saturated carbocycles. The number of hydrogen-bond acceptors (Lipinski definition) is 6. The fraction of sp³-hybridized carbons (Fsp3) is 0.250. The minimum Gasteiger partial charge on any atom is -0.465 e. The summed E-state index contributed by atoms with van der Waals surface area (Å²) in [6.45, 7) is 0.516. The number of methoxy groups -OCH3 is 1. The number of amides is 2. The first-order chi connectivity index (χ1) is 15.9. The summed E-state index contributed by atoms with van der Waals surface area (Å²) in [5.41, 5.74) is 1.97. The summed E-state index contributed by atoms with van der Waals surface area (Å²) in [6.07, 6.45) is 4.45. The molecule has 3 rings (SSSR count). The van der Waals surface area contributed by atoms with Crippen molar-refractivity contribution in [1.29, 1.82) is 0 Å². The predicted molar refractivity (Wildman–Crippen MR) is 136 cm³/mol. The van der Waals surface area contributed by atoms with Gasteiger partial charge in [0.2, 0.25) is 5.91 Å². The molecule has 1 N–H and O–H groups in total. The topological polar surface area (TPSA) is 75.7 Å². The first-order valence-corrected chi connectivity index (χ1v) is 12.0. The van der Waals surface area contributed by atoms with Crippen molar-refractivity contribution in [2.75, 3.05) is 19.0 Å². The van der Waals surface area contributed by atoms with Gasteiger partial charge in [-0.3, -0.25) is 14.5 Å². The van der Waals surface area contributed by atoms with Crippen LogP contribution in [-0.4, -0.2) is 40.7 Å². The molecule has 0 aliphatic carbocycles. The standard InChI is InChI=1S/C24H23ClN2O4S2/c1-31-23(30)17-8-6-16(7-9-17)15-20-22(29)27(24(32)33-20)14-4-2-3-5-21(28)26-19-12-10-18(25)11-13-19/h6-13,15H,2-5,14H2,1H3,(H,26,28). The van der Waals surface area contributed by atoms with Crippen molar-refractivity contribution >= 4 is 69.4 Å². The van der Waals surface area contributed by atoms with Crippen LogP contribution in [0.4, 0.5) is 5.69 Å². The van der Waals surface area contributed by atoms with Crippen LogP contribution in [0.3, 0.4) is 0 Å². The van der Waals surface area contributed by atoms with Gasteiger partial charge in [0.25, 0.3) is 5.91 Å². The quantitative estimate of drug-likeness (QED) is 0.210. The second kappa shape index (κ2) is 12.0. The average molecular weight is 503 g/mol. The molecule has 0 bridgehead atoms. The van der Waals surface area contributed by atoms with E-state index in [1.54, 1.807) is 59.5 Å². The highest BCUT2D eigenvalue weighted by Gasteiger charge is 2.31. The smallest absolute Gasteiger partial charge is 0.337 e. The number of ether oxygens (including phenoxy) is 1. The molecular weight excluding hydrogens is 480 g/mol. The molecule has 2 amide bonds. The number of thioether (sulfide) groups is 1. The van der Waals surface area contributed by atoms with Crippen LogP contribution in [0.15, 0.2) is 53.4 Å². The zero-order chi connectivity index (χ0) is 23.8. The fourth-order valence-electron chi connectivity index (χ4n) is 3.17. The van der Waals surface area contributed by atoms with E-state index in [1.165, 1.54) is 18.9 Å². The van der Waals surface area contributed by atoms with Crippen LogP contribution in [0, 0.1) is 0 Å². The Morgan fingerprint density at radius 2 is 1.79 bits per heavy atom. The van der Waals surface area contributed by atoms with Gasteiger partial charge in [-0.05, 0) is 60.9 Å². The number of carbonyl (C=O) groups is 3. The number of benzene rings is 2. The number of anilines is 1. The maximum absolute atomic E-state index is 12.7. The number of esters is 1. The third-order valence-electron chi connectivity index (χ3n) is 4.92. The second-order valence-corrected chi connectivity index (χ2v) is 9.42. The number of nitrogens with zero attached hydrogens (tertiary/aromatic N) is 1. The van der Waals surface area contributed by atoms with Crippen molar-refractivity contribution in [3.05, 3.63) is 69.6 Å². The largest absolute Gasteiger partial charge is 0.465 e. The summed E-state index contributed by atoms with van der Waals surface area (Å²) < 4.78 is 5.22. The third-order valence-corrected chi connectivity index (χ3v) is 6.55. The van der Waals surface area contributed by atoms with Crippen LogP contribution in [0.25, 0.3) is 6.08 Å². The van der Waals surface area contributed by atoms with E-state index in [4.69, 9.17) is 28.6 Å². The highest BCUT2D eigenvalue weighted by molar-refractivity contribution is 8.26. The van der Waals surface area contributed by atoms with Crippen molar-refractivity contribution in [3.63, 3.8) is 0 Å². The SMILES string of the molecule is COC(=O)c1ccc(C=C2SC(=S)N(CCCCCC(=O)Nc3ccc(Cl)cc3)C2=O)cc1. The lowest BCUT2D eigenvalue weighted by molar-refractivity contribution is -0.122. The normalized spacial score (nSPS) is 14.6. The number of carbonyl (C=O) groups excluding carboxylic acids is 3. The van der Waals surface area contributed by atoms with Gasteiger partial charge < -0.3 is 10.1 Å². The van der Waals surface area contributed by atoms with Crippen molar-refractivity contribution in [3.8, 4) is 0 Å². The molecule has 172 valence electrons. The Kier molecular flexibility index (Phi) is 9.05. The number of halogens is 1. The molecule has 1 fully saturated rings. The van der Waals surface area contributed by atoms with E-state index >= 15 is 0 Å². The summed E-state index contributed by atoms with van der Waals surface area (Å²) in [6, 6.07) is 13.8. The summed E-state index contributed by atoms with van der Waals surface area (Å²) in [4.78, 5) is 38.5. The minimum atomic E-state index is -0.407. The van der Waals surface area contributed by atoms with Gasteiger partial charge >= 0.3 is 5.97 Å². The molecule has 0 radical (unpaired) electrons. The van der Waals surface area contributed by atoms with E-state index in [1.807, 2.05) is 0 Å². The van der Waals surface area contributed by atoms with Crippen LogP contribution in [0.1, 0.15) is 41.6 Å². The summed E-state index contributed by atoms with van der Waals surface area (Å²) in [7, 11) is 1.33. The van der Waals surface area contributed by atoms with Gasteiger partial charge in [0, 0.05) is 23.7 Å². The molecule has 1 heterocycles. The Labute approximate surface area is 207 Å². The highest BCUT2D eigenvalue weighted by Crippen LogP contribution is 2.32. The number of hydrogen-bond donors (Lipinski definition) is 1.